The molecule has 40 heavy (non-hydrogen) atoms. The van der Waals surface area contributed by atoms with Crippen molar-refractivity contribution in [2.75, 3.05) is 0 Å². The summed E-state index contributed by atoms with van der Waals surface area (Å²) in [6.45, 7) is 0. The Bertz CT molecular complexity index is 1620. The molecular weight excluding hydrogens is 528 g/mol. The summed E-state index contributed by atoms with van der Waals surface area (Å²) in [6, 6.07) is 8.79. The van der Waals surface area contributed by atoms with Gasteiger partial charge in [-0.05, 0) is 60.7 Å². The van der Waals surface area contributed by atoms with E-state index >= 15 is 0 Å². The van der Waals surface area contributed by atoms with Crippen LogP contribution in [0.15, 0.2) is 60.7 Å². The molecule has 12 heteroatoms. The number of benzene rings is 4. The third-order valence-corrected chi connectivity index (χ3v) is 5.90. The second-order valence-electron chi connectivity index (χ2n) is 8.50. The van der Waals surface area contributed by atoms with Gasteiger partial charge in [-0.25, -0.2) is 0 Å². The molecule has 0 amide bonds. The van der Waals surface area contributed by atoms with Crippen LogP contribution in [0.1, 0.15) is 41.4 Å². The molecule has 12 nitrogen and oxygen atoms in total. The molecule has 202 valence electrons. The highest BCUT2D eigenvalue weighted by atomic mass is 16.3. The lowest BCUT2D eigenvalue weighted by Crippen LogP contribution is -2.15. The summed E-state index contributed by atoms with van der Waals surface area (Å²) in [4.78, 5) is 50.4. The van der Waals surface area contributed by atoms with E-state index in [1.165, 1.54) is 0 Å². The molecule has 8 N–H and O–H groups in total. The van der Waals surface area contributed by atoms with Crippen molar-refractivity contribution >= 4 is 23.1 Å². The highest BCUT2D eigenvalue weighted by Crippen LogP contribution is 2.42. The topological polar surface area (TPSA) is 230 Å². The van der Waals surface area contributed by atoms with E-state index in [4.69, 9.17) is 0 Å². The number of carbonyl (C=O) groups is 4. The third-order valence-electron chi connectivity index (χ3n) is 5.90. The van der Waals surface area contributed by atoms with Crippen LogP contribution in [-0.4, -0.2) is 64.0 Å². The monoisotopic (exact) mass is 546 g/mol. The van der Waals surface area contributed by atoms with Crippen molar-refractivity contribution in [1.82, 2.24) is 0 Å². The molecule has 4 aromatic carbocycles. The van der Waals surface area contributed by atoms with Crippen molar-refractivity contribution < 1.29 is 60.0 Å². The summed E-state index contributed by atoms with van der Waals surface area (Å²) in [6.07, 6.45) is 0. The van der Waals surface area contributed by atoms with Crippen LogP contribution in [0.2, 0.25) is 0 Å². The van der Waals surface area contributed by atoms with Gasteiger partial charge in [-0.15, -0.1) is 0 Å². The normalized spacial score (nSPS) is 10.7. The Labute approximate surface area is 223 Å². The summed E-state index contributed by atoms with van der Waals surface area (Å²) in [5.74, 6) is -10.4. The Balaban J connectivity index is 1.67. The number of aromatic hydroxyl groups is 8. The molecule has 0 bridgehead atoms. The fourth-order valence-corrected chi connectivity index (χ4v) is 3.79. The molecule has 0 unspecified atom stereocenters. The number of hydrogen-bond donors (Lipinski definition) is 8. The minimum absolute atomic E-state index is 0.317. The first-order valence-electron chi connectivity index (χ1n) is 11.1. The average molecular weight is 546 g/mol. The molecule has 0 spiro atoms. The summed E-state index contributed by atoms with van der Waals surface area (Å²) >= 11 is 0. The molecule has 0 heterocycles. The Morgan fingerprint density at radius 3 is 1.02 bits per heavy atom. The van der Waals surface area contributed by atoms with E-state index in [0.29, 0.717) is 0 Å². The van der Waals surface area contributed by atoms with Crippen molar-refractivity contribution in [3.63, 3.8) is 0 Å². The number of phenols is 8. The summed E-state index contributed by atoms with van der Waals surface area (Å²) in [7, 11) is 0. The second kappa shape index (κ2) is 10.0. The molecule has 0 aromatic heterocycles. The number of rotatable bonds is 7. The first-order chi connectivity index (χ1) is 18.8. The van der Waals surface area contributed by atoms with E-state index in [2.05, 4.69) is 0 Å². The number of hydrogen-bond acceptors (Lipinski definition) is 12. The van der Waals surface area contributed by atoms with Crippen molar-refractivity contribution in [3.8, 4) is 57.1 Å². The number of carbonyl (C=O) groups excluding carboxylic acids is 4. The van der Waals surface area contributed by atoms with Crippen molar-refractivity contribution in [2.45, 2.75) is 0 Å². The zero-order valence-corrected chi connectivity index (χ0v) is 20.0. The molecule has 0 aliphatic rings. The molecule has 4 rings (SSSR count). The first kappa shape index (κ1) is 27.0. The number of ketones is 4. The molecular formula is C28H18O12. The molecule has 0 radical (unpaired) electrons. The van der Waals surface area contributed by atoms with E-state index < -0.39 is 80.3 Å². The van der Waals surface area contributed by atoms with Gasteiger partial charge in [0.25, 0.3) is 0 Å². The third kappa shape index (κ3) is 4.79. The van der Waals surface area contributed by atoms with Gasteiger partial charge in [0.1, 0.15) is 23.0 Å². The Morgan fingerprint density at radius 2 is 0.700 bits per heavy atom. The SMILES string of the molecule is O=C(C(=O)c1cc(O)c(-c2cc(O)c(C(=O)C(=O)c3ccc(O)c(O)c3)cc2O)cc1O)c1ccc(O)c(O)c1. The highest BCUT2D eigenvalue weighted by molar-refractivity contribution is 6.50. The maximum atomic E-state index is 12.7. The maximum absolute atomic E-state index is 12.7. The van der Waals surface area contributed by atoms with Gasteiger partial charge in [0, 0.05) is 22.3 Å². The Morgan fingerprint density at radius 1 is 0.350 bits per heavy atom. The molecule has 4 aromatic rings. The minimum atomic E-state index is -1.28. The Kier molecular flexibility index (Phi) is 6.77. The van der Waals surface area contributed by atoms with Crippen LogP contribution in [0.5, 0.6) is 46.0 Å². The molecule has 0 saturated carbocycles. The lowest BCUT2D eigenvalue weighted by atomic mass is 9.94. The van der Waals surface area contributed by atoms with E-state index in [1.807, 2.05) is 0 Å². The number of Topliss-reactive ketones (excluding diaryl/α,β-unsaturated/α-hetero) is 4. The quantitative estimate of drug-likeness (QED) is 0.0723. The maximum Gasteiger partial charge on any atom is 0.237 e. The van der Waals surface area contributed by atoms with Gasteiger partial charge in [0.15, 0.2) is 23.0 Å². The average Bonchev–Trinajstić information content (AvgIpc) is 2.92. The van der Waals surface area contributed by atoms with Gasteiger partial charge in [0.2, 0.25) is 23.1 Å². The van der Waals surface area contributed by atoms with Gasteiger partial charge in [-0.1, -0.05) is 0 Å². The van der Waals surface area contributed by atoms with E-state index in [9.17, 15) is 60.0 Å². The van der Waals surface area contributed by atoms with Gasteiger partial charge in [-0.2, -0.15) is 0 Å². The predicted octanol–water partition coefficient (Wildman–Crippen LogP) is 3.13. The fourth-order valence-electron chi connectivity index (χ4n) is 3.79. The molecule has 0 fully saturated rings. The molecule has 0 saturated heterocycles. The van der Waals surface area contributed by atoms with Gasteiger partial charge in [-0.3, -0.25) is 19.2 Å². The molecule has 0 aliphatic heterocycles. The zero-order chi connectivity index (χ0) is 29.5. The second-order valence-corrected chi connectivity index (χ2v) is 8.50. The van der Waals surface area contributed by atoms with E-state index in [-0.39, 0.29) is 22.3 Å². The van der Waals surface area contributed by atoms with Crippen LogP contribution in [0.3, 0.4) is 0 Å². The molecule has 0 atom stereocenters. The standard InChI is InChI=1S/C28H18O12/c29-17-3-1-11(5-23(17)35)25(37)27(39)15-9-19(31)13(7-21(15)33)14-8-22(34)16(10-20(14)32)28(40)26(38)12-2-4-18(30)24(36)6-12/h1-10,29-36H. The zero-order valence-electron chi connectivity index (χ0n) is 20.0. The fraction of sp³-hybridized carbons (Fsp3) is 0. The molecule has 0 aliphatic carbocycles. The van der Waals surface area contributed by atoms with Crippen LogP contribution in [0.25, 0.3) is 11.1 Å². The van der Waals surface area contributed by atoms with Gasteiger partial charge >= 0.3 is 0 Å². The Hall–Kier alpha value is -6.04. The lowest BCUT2D eigenvalue weighted by molar-refractivity contribution is 0.0814. The van der Waals surface area contributed by atoms with Crippen molar-refractivity contribution in [2.24, 2.45) is 0 Å². The van der Waals surface area contributed by atoms with Crippen LogP contribution in [-0.2, 0) is 0 Å². The highest BCUT2D eigenvalue weighted by Gasteiger charge is 2.27. The van der Waals surface area contributed by atoms with Crippen molar-refractivity contribution in [1.29, 1.82) is 0 Å². The summed E-state index contributed by atoms with van der Waals surface area (Å²) < 4.78 is 0. The first-order valence-corrected chi connectivity index (χ1v) is 11.1. The lowest BCUT2D eigenvalue weighted by Gasteiger charge is -2.13. The summed E-state index contributed by atoms with van der Waals surface area (Å²) in [5.41, 5.74) is -2.57. The summed E-state index contributed by atoms with van der Waals surface area (Å²) in [5, 5.41) is 79.8. The van der Waals surface area contributed by atoms with Gasteiger partial charge < -0.3 is 40.9 Å². The largest absolute Gasteiger partial charge is 0.507 e. The minimum Gasteiger partial charge on any atom is -0.507 e. The van der Waals surface area contributed by atoms with Crippen LogP contribution in [0, 0.1) is 0 Å². The number of phenolic OH excluding ortho intramolecular Hbond substituents is 8. The smallest absolute Gasteiger partial charge is 0.237 e. The van der Waals surface area contributed by atoms with Crippen LogP contribution < -0.4 is 0 Å². The predicted molar refractivity (Wildman–Crippen MR) is 135 cm³/mol. The van der Waals surface area contributed by atoms with Crippen LogP contribution in [0.4, 0.5) is 0 Å². The van der Waals surface area contributed by atoms with Gasteiger partial charge in [0.05, 0.1) is 11.1 Å². The van der Waals surface area contributed by atoms with E-state index in [0.717, 1.165) is 60.7 Å². The van der Waals surface area contributed by atoms with E-state index in [1.54, 1.807) is 0 Å². The van der Waals surface area contributed by atoms with Crippen molar-refractivity contribution in [3.05, 3.63) is 82.9 Å². The van der Waals surface area contributed by atoms with Crippen LogP contribution >= 0.6 is 0 Å².